The number of nitrogens with zero attached hydrogens (tertiary/aromatic N) is 3. The molecule has 0 unspecified atom stereocenters. The van der Waals surface area contributed by atoms with Crippen LogP contribution in [0.15, 0.2) is 41.8 Å². The standard InChI is InChI=1S/C23H27N3O3S/c1-17(27)24-12-14-26(15-13-24)23(29)20-8-10-25(11-9-20)22(28)19-6-4-18(5-7-19)21-3-2-16-30-21/h2-7,16,20H,8-15H2,1H3. The number of hydrogen-bond donors (Lipinski definition) is 0. The summed E-state index contributed by atoms with van der Waals surface area (Å²) in [6.45, 7) is 5.21. The van der Waals surface area contributed by atoms with E-state index in [0.717, 1.165) is 5.56 Å². The van der Waals surface area contributed by atoms with Crippen molar-refractivity contribution in [1.82, 2.24) is 14.7 Å². The summed E-state index contributed by atoms with van der Waals surface area (Å²) in [5.41, 5.74) is 1.82. The van der Waals surface area contributed by atoms with Gasteiger partial charge < -0.3 is 14.7 Å². The van der Waals surface area contributed by atoms with Crippen molar-refractivity contribution in [3.05, 3.63) is 47.3 Å². The molecule has 2 saturated heterocycles. The number of piperidine rings is 1. The third-order valence-electron chi connectivity index (χ3n) is 6.11. The maximum atomic E-state index is 12.9. The zero-order valence-corrected chi connectivity index (χ0v) is 18.1. The number of likely N-dealkylation sites (tertiary alicyclic amines) is 1. The van der Waals surface area contributed by atoms with Gasteiger partial charge in [-0.2, -0.15) is 0 Å². The van der Waals surface area contributed by atoms with Crippen LogP contribution in [0.1, 0.15) is 30.1 Å². The Kier molecular flexibility index (Phi) is 6.18. The Morgan fingerprint density at radius 2 is 1.47 bits per heavy atom. The van der Waals surface area contributed by atoms with Gasteiger partial charge in [-0.25, -0.2) is 0 Å². The molecule has 0 radical (unpaired) electrons. The van der Waals surface area contributed by atoms with Crippen molar-refractivity contribution >= 4 is 29.1 Å². The fourth-order valence-corrected chi connectivity index (χ4v) is 4.96. The molecule has 4 rings (SSSR count). The lowest BCUT2D eigenvalue weighted by Crippen LogP contribution is -2.52. The quantitative estimate of drug-likeness (QED) is 0.760. The van der Waals surface area contributed by atoms with Crippen molar-refractivity contribution in [2.24, 2.45) is 5.92 Å². The van der Waals surface area contributed by atoms with Gasteiger partial charge in [-0.3, -0.25) is 14.4 Å². The highest BCUT2D eigenvalue weighted by Crippen LogP contribution is 2.26. The number of thiophene rings is 1. The number of carbonyl (C=O) groups excluding carboxylic acids is 3. The van der Waals surface area contributed by atoms with Crippen LogP contribution in [0.2, 0.25) is 0 Å². The van der Waals surface area contributed by atoms with Crippen LogP contribution in [-0.4, -0.2) is 71.7 Å². The molecule has 2 aromatic rings. The van der Waals surface area contributed by atoms with E-state index in [2.05, 4.69) is 6.07 Å². The summed E-state index contributed by atoms with van der Waals surface area (Å²) in [5.74, 6) is 0.246. The molecule has 3 amide bonds. The number of hydrogen-bond acceptors (Lipinski definition) is 4. The summed E-state index contributed by atoms with van der Waals surface area (Å²) in [6, 6.07) is 11.9. The second-order valence-corrected chi connectivity index (χ2v) is 8.90. The van der Waals surface area contributed by atoms with Crippen LogP contribution < -0.4 is 0 Å². The largest absolute Gasteiger partial charge is 0.339 e. The van der Waals surface area contributed by atoms with Gasteiger partial charge in [-0.1, -0.05) is 18.2 Å². The molecular weight excluding hydrogens is 398 g/mol. The van der Waals surface area contributed by atoms with Gasteiger partial charge in [0.05, 0.1) is 0 Å². The van der Waals surface area contributed by atoms with Crippen LogP contribution in [0.4, 0.5) is 0 Å². The summed E-state index contributed by atoms with van der Waals surface area (Å²) in [4.78, 5) is 43.9. The Morgan fingerprint density at radius 3 is 2.03 bits per heavy atom. The highest BCUT2D eigenvalue weighted by atomic mass is 32.1. The number of rotatable bonds is 3. The van der Waals surface area contributed by atoms with Gasteiger partial charge in [0.25, 0.3) is 5.91 Å². The summed E-state index contributed by atoms with van der Waals surface area (Å²) < 4.78 is 0. The van der Waals surface area contributed by atoms with Gasteiger partial charge in [0, 0.05) is 62.6 Å². The second-order valence-electron chi connectivity index (χ2n) is 7.95. The van der Waals surface area contributed by atoms with Crippen molar-refractivity contribution in [1.29, 1.82) is 0 Å². The molecule has 158 valence electrons. The van der Waals surface area contributed by atoms with Crippen LogP contribution in [0.5, 0.6) is 0 Å². The molecule has 0 bridgehead atoms. The van der Waals surface area contributed by atoms with E-state index in [1.807, 2.05) is 45.5 Å². The lowest BCUT2D eigenvalue weighted by atomic mass is 9.94. The van der Waals surface area contributed by atoms with Crippen LogP contribution in [0, 0.1) is 5.92 Å². The highest BCUT2D eigenvalue weighted by Gasteiger charge is 2.32. The van der Waals surface area contributed by atoms with Crippen LogP contribution in [0.25, 0.3) is 10.4 Å². The summed E-state index contributed by atoms with van der Waals surface area (Å²) in [6.07, 6.45) is 1.40. The zero-order valence-electron chi connectivity index (χ0n) is 17.3. The average molecular weight is 426 g/mol. The molecule has 7 heteroatoms. The summed E-state index contributed by atoms with van der Waals surface area (Å²) in [7, 11) is 0. The summed E-state index contributed by atoms with van der Waals surface area (Å²) >= 11 is 1.68. The van der Waals surface area contributed by atoms with E-state index >= 15 is 0 Å². The Morgan fingerprint density at radius 1 is 0.833 bits per heavy atom. The number of piperazine rings is 1. The van der Waals surface area contributed by atoms with E-state index in [1.165, 1.54) is 4.88 Å². The highest BCUT2D eigenvalue weighted by molar-refractivity contribution is 7.13. The minimum absolute atomic E-state index is 0.0286. The van der Waals surface area contributed by atoms with E-state index < -0.39 is 0 Å². The van der Waals surface area contributed by atoms with Crippen LogP contribution >= 0.6 is 11.3 Å². The predicted molar refractivity (Wildman–Crippen MR) is 117 cm³/mol. The minimum Gasteiger partial charge on any atom is -0.339 e. The third-order valence-corrected chi connectivity index (χ3v) is 7.02. The van der Waals surface area contributed by atoms with E-state index in [-0.39, 0.29) is 23.6 Å². The molecule has 6 nitrogen and oxygen atoms in total. The molecule has 2 aliphatic heterocycles. The number of benzene rings is 1. The van der Waals surface area contributed by atoms with Crippen molar-refractivity contribution in [2.45, 2.75) is 19.8 Å². The van der Waals surface area contributed by atoms with Crippen molar-refractivity contribution < 1.29 is 14.4 Å². The molecule has 0 N–H and O–H groups in total. The first kappa shape index (κ1) is 20.6. The van der Waals surface area contributed by atoms with Gasteiger partial charge >= 0.3 is 0 Å². The normalized spacial score (nSPS) is 17.8. The third kappa shape index (κ3) is 4.41. The lowest BCUT2D eigenvalue weighted by molar-refractivity contribution is -0.142. The molecule has 0 spiro atoms. The smallest absolute Gasteiger partial charge is 0.253 e. The van der Waals surface area contributed by atoms with Crippen molar-refractivity contribution in [2.75, 3.05) is 39.3 Å². The number of carbonyl (C=O) groups is 3. The fourth-order valence-electron chi connectivity index (χ4n) is 4.23. The first-order chi connectivity index (χ1) is 14.5. The number of amides is 3. The Hall–Kier alpha value is -2.67. The maximum Gasteiger partial charge on any atom is 0.253 e. The molecule has 1 aromatic carbocycles. The Labute approximate surface area is 181 Å². The van der Waals surface area contributed by atoms with E-state index in [4.69, 9.17) is 0 Å². The van der Waals surface area contributed by atoms with Crippen LogP contribution in [0.3, 0.4) is 0 Å². The predicted octanol–water partition coefficient (Wildman–Crippen LogP) is 2.96. The molecule has 2 fully saturated rings. The summed E-state index contributed by atoms with van der Waals surface area (Å²) in [5, 5.41) is 2.04. The minimum atomic E-state index is -0.0286. The molecular formula is C23H27N3O3S. The molecule has 2 aliphatic rings. The first-order valence-electron chi connectivity index (χ1n) is 10.5. The van der Waals surface area contributed by atoms with Crippen molar-refractivity contribution in [3.8, 4) is 10.4 Å². The SMILES string of the molecule is CC(=O)N1CCN(C(=O)C2CCN(C(=O)c3ccc(-c4cccs4)cc3)CC2)CC1. The van der Waals surface area contributed by atoms with Gasteiger partial charge in [-0.15, -0.1) is 11.3 Å². The second kappa shape index (κ2) is 9.00. The van der Waals surface area contributed by atoms with E-state index in [1.54, 1.807) is 23.2 Å². The molecule has 0 aliphatic carbocycles. The monoisotopic (exact) mass is 425 g/mol. The van der Waals surface area contributed by atoms with E-state index in [9.17, 15) is 14.4 Å². The topological polar surface area (TPSA) is 60.9 Å². The Balaban J connectivity index is 1.29. The first-order valence-corrected chi connectivity index (χ1v) is 11.4. The molecule has 0 atom stereocenters. The molecule has 1 aromatic heterocycles. The Bertz CT molecular complexity index is 894. The molecule has 0 saturated carbocycles. The van der Waals surface area contributed by atoms with Gasteiger partial charge in [-0.05, 0) is 42.0 Å². The van der Waals surface area contributed by atoms with Crippen LogP contribution in [-0.2, 0) is 9.59 Å². The zero-order chi connectivity index (χ0) is 21.1. The van der Waals surface area contributed by atoms with Crippen molar-refractivity contribution in [3.63, 3.8) is 0 Å². The molecule has 3 heterocycles. The maximum absolute atomic E-state index is 12.9. The molecule has 30 heavy (non-hydrogen) atoms. The van der Waals surface area contributed by atoms with Gasteiger partial charge in [0.15, 0.2) is 0 Å². The average Bonchev–Trinajstić information content (AvgIpc) is 3.33. The fraction of sp³-hybridized carbons (Fsp3) is 0.435. The van der Waals surface area contributed by atoms with E-state index in [0.29, 0.717) is 57.7 Å². The van der Waals surface area contributed by atoms with Gasteiger partial charge in [0.2, 0.25) is 11.8 Å². The van der Waals surface area contributed by atoms with Gasteiger partial charge in [0.1, 0.15) is 0 Å². The lowest BCUT2D eigenvalue weighted by Gasteiger charge is -2.38.